The zero-order chi connectivity index (χ0) is 8.77. The van der Waals surface area contributed by atoms with Gasteiger partial charge in [0, 0.05) is 13.1 Å². The van der Waals surface area contributed by atoms with Gasteiger partial charge in [0.25, 0.3) is 0 Å². The van der Waals surface area contributed by atoms with Crippen molar-refractivity contribution in [2.75, 3.05) is 19.6 Å². The van der Waals surface area contributed by atoms with Crippen molar-refractivity contribution in [3.8, 4) is 0 Å². The van der Waals surface area contributed by atoms with Gasteiger partial charge in [0.1, 0.15) is 0 Å². The molecular weight excluding hydrogens is 152 g/mol. The topological polar surface area (TPSA) is 41.1 Å². The fourth-order valence-corrected chi connectivity index (χ4v) is 2.52. The lowest BCUT2D eigenvalue weighted by atomic mass is 9.70. The third kappa shape index (κ3) is 0.891. The maximum absolute atomic E-state index is 11.6. The van der Waals surface area contributed by atoms with Gasteiger partial charge in [0.2, 0.25) is 5.91 Å². The molecule has 2 N–H and O–H groups in total. The highest BCUT2D eigenvalue weighted by atomic mass is 16.2. The third-order valence-corrected chi connectivity index (χ3v) is 3.47. The standard InChI is InChI=1S/C9H16N2O/c1-6-3-11-8(12)9(2)5-10-4-7(6)9/h6-7,10H,3-5H2,1-2H3,(H,11,12)/t6?,7-,9-/m0/s1. The first-order chi connectivity index (χ1) is 5.64. The van der Waals surface area contributed by atoms with Gasteiger partial charge in [-0.05, 0) is 25.3 Å². The molecule has 0 saturated carbocycles. The normalized spacial score (nSPS) is 47.0. The Labute approximate surface area is 72.9 Å². The zero-order valence-electron chi connectivity index (χ0n) is 7.68. The van der Waals surface area contributed by atoms with E-state index in [0.717, 1.165) is 19.6 Å². The smallest absolute Gasteiger partial charge is 0.227 e. The third-order valence-electron chi connectivity index (χ3n) is 3.47. The minimum Gasteiger partial charge on any atom is -0.355 e. The number of fused-ring (bicyclic) bond motifs is 1. The molecule has 0 bridgehead atoms. The highest BCUT2D eigenvalue weighted by Crippen LogP contribution is 2.38. The van der Waals surface area contributed by atoms with Crippen molar-refractivity contribution >= 4 is 5.91 Å². The maximum atomic E-state index is 11.6. The summed E-state index contributed by atoms with van der Waals surface area (Å²) in [6.07, 6.45) is 0. The average Bonchev–Trinajstić information content (AvgIpc) is 2.42. The van der Waals surface area contributed by atoms with Gasteiger partial charge in [0.15, 0.2) is 0 Å². The summed E-state index contributed by atoms with van der Waals surface area (Å²) in [6.45, 7) is 6.98. The first-order valence-corrected chi connectivity index (χ1v) is 4.63. The van der Waals surface area contributed by atoms with Crippen molar-refractivity contribution in [1.82, 2.24) is 10.6 Å². The van der Waals surface area contributed by atoms with E-state index in [-0.39, 0.29) is 11.3 Å². The predicted molar refractivity (Wildman–Crippen MR) is 46.6 cm³/mol. The first-order valence-electron chi connectivity index (χ1n) is 4.63. The molecule has 2 fully saturated rings. The van der Waals surface area contributed by atoms with E-state index in [2.05, 4.69) is 24.5 Å². The Kier molecular flexibility index (Phi) is 1.65. The Bertz CT molecular complexity index is 217. The molecule has 68 valence electrons. The molecule has 2 aliphatic heterocycles. The molecule has 2 rings (SSSR count). The summed E-state index contributed by atoms with van der Waals surface area (Å²) in [5.74, 6) is 1.38. The van der Waals surface area contributed by atoms with Gasteiger partial charge in [-0.15, -0.1) is 0 Å². The van der Waals surface area contributed by atoms with Crippen LogP contribution in [0.5, 0.6) is 0 Å². The summed E-state index contributed by atoms with van der Waals surface area (Å²) in [7, 11) is 0. The lowest BCUT2D eigenvalue weighted by molar-refractivity contribution is -0.135. The minimum absolute atomic E-state index is 0.141. The summed E-state index contributed by atoms with van der Waals surface area (Å²) in [6, 6.07) is 0. The molecule has 0 spiro atoms. The van der Waals surface area contributed by atoms with Crippen molar-refractivity contribution < 1.29 is 4.79 Å². The predicted octanol–water partition coefficient (Wildman–Crippen LogP) is -0.0220. The molecule has 2 heterocycles. The molecule has 3 heteroatoms. The van der Waals surface area contributed by atoms with Crippen LogP contribution in [0, 0.1) is 17.3 Å². The molecule has 3 atom stereocenters. The molecule has 3 nitrogen and oxygen atoms in total. The van der Waals surface area contributed by atoms with Gasteiger partial charge < -0.3 is 10.6 Å². The first kappa shape index (κ1) is 8.05. The Morgan fingerprint density at radius 1 is 1.50 bits per heavy atom. The molecule has 0 aromatic heterocycles. The molecule has 0 radical (unpaired) electrons. The van der Waals surface area contributed by atoms with E-state index in [4.69, 9.17) is 0 Å². The fourth-order valence-electron chi connectivity index (χ4n) is 2.52. The van der Waals surface area contributed by atoms with Gasteiger partial charge in [-0.2, -0.15) is 0 Å². The number of carbonyl (C=O) groups is 1. The number of carbonyl (C=O) groups excluding carboxylic acids is 1. The molecule has 1 amide bonds. The number of rotatable bonds is 0. The van der Waals surface area contributed by atoms with Crippen LogP contribution >= 0.6 is 0 Å². The van der Waals surface area contributed by atoms with Crippen molar-refractivity contribution in [2.45, 2.75) is 13.8 Å². The van der Waals surface area contributed by atoms with E-state index in [1.54, 1.807) is 0 Å². The second-order valence-corrected chi connectivity index (χ2v) is 4.34. The number of hydrogen-bond acceptors (Lipinski definition) is 2. The highest BCUT2D eigenvalue weighted by molar-refractivity contribution is 5.84. The van der Waals surface area contributed by atoms with Crippen LogP contribution in [0.3, 0.4) is 0 Å². The highest BCUT2D eigenvalue weighted by Gasteiger charge is 2.49. The van der Waals surface area contributed by atoms with E-state index in [0.29, 0.717) is 11.8 Å². The van der Waals surface area contributed by atoms with Gasteiger partial charge in [-0.1, -0.05) is 6.92 Å². The van der Waals surface area contributed by atoms with E-state index in [1.807, 2.05) is 0 Å². The number of piperidine rings is 1. The monoisotopic (exact) mass is 168 g/mol. The largest absolute Gasteiger partial charge is 0.355 e. The van der Waals surface area contributed by atoms with Crippen LogP contribution in [0.2, 0.25) is 0 Å². The molecule has 0 aliphatic carbocycles. The van der Waals surface area contributed by atoms with Gasteiger partial charge in [-0.25, -0.2) is 0 Å². The van der Waals surface area contributed by atoms with Gasteiger partial charge >= 0.3 is 0 Å². The Balaban J connectivity index is 2.27. The summed E-state index contributed by atoms with van der Waals surface area (Å²) >= 11 is 0. The van der Waals surface area contributed by atoms with Gasteiger partial charge in [-0.3, -0.25) is 4.79 Å². The summed E-state index contributed by atoms with van der Waals surface area (Å²) < 4.78 is 0. The summed E-state index contributed by atoms with van der Waals surface area (Å²) in [5, 5.41) is 6.27. The van der Waals surface area contributed by atoms with Crippen molar-refractivity contribution in [1.29, 1.82) is 0 Å². The van der Waals surface area contributed by atoms with Crippen LogP contribution in [0.1, 0.15) is 13.8 Å². The second-order valence-electron chi connectivity index (χ2n) is 4.34. The van der Waals surface area contributed by atoms with Crippen LogP contribution in [0.25, 0.3) is 0 Å². The number of amides is 1. The lowest BCUT2D eigenvalue weighted by Gasteiger charge is -2.38. The Morgan fingerprint density at radius 3 is 2.92 bits per heavy atom. The molecule has 1 unspecified atom stereocenters. The zero-order valence-corrected chi connectivity index (χ0v) is 7.68. The lowest BCUT2D eigenvalue weighted by Crippen LogP contribution is -2.53. The van der Waals surface area contributed by atoms with Crippen LogP contribution in [0.15, 0.2) is 0 Å². The Hall–Kier alpha value is -0.570. The van der Waals surface area contributed by atoms with E-state index >= 15 is 0 Å². The van der Waals surface area contributed by atoms with Crippen LogP contribution in [-0.2, 0) is 4.79 Å². The van der Waals surface area contributed by atoms with Crippen molar-refractivity contribution in [3.05, 3.63) is 0 Å². The van der Waals surface area contributed by atoms with E-state index in [1.165, 1.54) is 0 Å². The van der Waals surface area contributed by atoms with E-state index in [9.17, 15) is 4.79 Å². The van der Waals surface area contributed by atoms with Crippen molar-refractivity contribution in [2.24, 2.45) is 17.3 Å². The molecule has 2 saturated heterocycles. The summed E-state index contributed by atoms with van der Waals surface area (Å²) in [5.41, 5.74) is -0.141. The van der Waals surface area contributed by atoms with Gasteiger partial charge in [0.05, 0.1) is 5.41 Å². The maximum Gasteiger partial charge on any atom is 0.227 e. The van der Waals surface area contributed by atoms with Crippen LogP contribution in [-0.4, -0.2) is 25.5 Å². The Morgan fingerprint density at radius 2 is 2.25 bits per heavy atom. The molecule has 12 heavy (non-hydrogen) atoms. The molecule has 0 aromatic carbocycles. The molecule has 2 aliphatic rings. The van der Waals surface area contributed by atoms with E-state index < -0.39 is 0 Å². The summed E-state index contributed by atoms with van der Waals surface area (Å²) in [4.78, 5) is 11.6. The molecule has 0 aromatic rings. The van der Waals surface area contributed by atoms with Crippen LogP contribution in [0.4, 0.5) is 0 Å². The van der Waals surface area contributed by atoms with Crippen molar-refractivity contribution in [3.63, 3.8) is 0 Å². The second kappa shape index (κ2) is 2.46. The molecular formula is C9H16N2O. The SMILES string of the molecule is CC1CNC(=O)[C@@]2(C)CNC[C@@H]12. The minimum atomic E-state index is -0.141. The number of hydrogen-bond donors (Lipinski definition) is 2. The average molecular weight is 168 g/mol. The fraction of sp³-hybridized carbons (Fsp3) is 0.889. The quantitative estimate of drug-likeness (QED) is 0.533. The van der Waals surface area contributed by atoms with Crippen LogP contribution < -0.4 is 10.6 Å². The number of nitrogens with one attached hydrogen (secondary N) is 2.